The SMILES string of the molecule is CCCCC[C@H]1CC[C@H](CCCC[C@H]2CC[C@H](c3ccc(CCC)c(F)c3F)CC2)CC1. The van der Waals surface area contributed by atoms with E-state index in [-0.39, 0.29) is 5.92 Å². The fourth-order valence-electron chi connectivity index (χ4n) is 6.50. The molecular weight excluding hydrogens is 398 g/mol. The lowest BCUT2D eigenvalue weighted by Crippen LogP contribution is -2.16. The topological polar surface area (TPSA) is 0 Å². The Hall–Kier alpha value is -0.920. The van der Waals surface area contributed by atoms with E-state index in [9.17, 15) is 8.78 Å². The van der Waals surface area contributed by atoms with Gasteiger partial charge in [-0.25, -0.2) is 8.78 Å². The Morgan fingerprint density at radius 1 is 0.625 bits per heavy atom. The molecule has 2 heteroatoms. The van der Waals surface area contributed by atoms with Crippen LogP contribution < -0.4 is 0 Å². The molecule has 0 N–H and O–H groups in total. The molecule has 0 heterocycles. The molecule has 2 fully saturated rings. The van der Waals surface area contributed by atoms with Crippen molar-refractivity contribution in [3.63, 3.8) is 0 Å². The summed E-state index contributed by atoms with van der Waals surface area (Å²) < 4.78 is 29.0. The Labute approximate surface area is 197 Å². The zero-order valence-corrected chi connectivity index (χ0v) is 20.9. The summed E-state index contributed by atoms with van der Waals surface area (Å²) in [6, 6.07) is 3.69. The van der Waals surface area contributed by atoms with Crippen molar-refractivity contribution in [3.05, 3.63) is 34.9 Å². The van der Waals surface area contributed by atoms with Crippen LogP contribution in [-0.2, 0) is 6.42 Å². The molecule has 0 aromatic heterocycles. The number of hydrogen-bond donors (Lipinski definition) is 0. The summed E-state index contributed by atoms with van der Waals surface area (Å²) in [5.41, 5.74) is 1.17. The van der Waals surface area contributed by atoms with E-state index in [2.05, 4.69) is 6.92 Å². The highest BCUT2D eigenvalue weighted by atomic mass is 19.2. The molecule has 2 aliphatic carbocycles. The molecule has 0 atom stereocenters. The summed E-state index contributed by atoms with van der Waals surface area (Å²) in [6.07, 6.45) is 23.0. The maximum atomic E-state index is 14.6. The van der Waals surface area contributed by atoms with Crippen molar-refractivity contribution < 1.29 is 8.78 Å². The molecule has 0 nitrogen and oxygen atoms in total. The predicted octanol–water partition coefficient (Wildman–Crippen LogP) is 10.1. The monoisotopic (exact) mass is 446 g/mol. The van der Waals surface area contributed by atoms with E-state index >= 15 is 0 Å². The summed E-state index contributed by atoms with van der Waals surface area (Å²) in [7, 11) is 0. The van der Waals surface area contributed by atoms with Gasteiger partial charge in [-0.3, -0.25) is 0 Å². The molecule has 2 aliphatic rings. The van der Waals surface area contributed by atoms with Crippen molar-refractivity contribution in [1.29, 1.82) is 0 Å². The van der Waals surface area contributed by atoms with Gasteiger partial charge in [-0.2, -0.15) is 0 Å². The summed E-state index contributed by atoms with van der Waals surface area (Å²) in [5.74, 6) is 1.86. The average Bonchev–Trinajstić information content (AvgIpc) is 2.82. The number of halogens is 2. The van der Waals surface area contributed by atoms with Crippen LogP contribution in [-0.4, -0.2) is 0 Å². The van der Waals surface area contributed by atoms with E-state index in [4.69, 9.17) is 0 Å². The maximum Gasteiger partial charge on any atom is 0.162 e. The first-order valence-electron chi connectivity index (χ1n) is 14.1. The molecule has 0 amide bonds. The second kappa shape index (κ2) is 13.7. The molecule has 0 spiro atoms. The minimum Gasteiger partial charge on any atom is -0.203 e. The van der Waals surface area contributed by atoms with Gasteiger partial charge >= 0.3 is 0 Å². The molecule has 32 heavy (non-hydrogen) atoms. The fraction of sp³-hybridized carbons (Fsp3) is 0.800. The van der Waals surface area contributed by atoms with Gasteiger partial charge in [0, 0.05) is 0 Å². The van der Waals surface area contributed by atoms with E-state index in [1.165, 1.54) is 89.9 Å². The highest BCUT2D eigenvalue weighted by Crippen LogP contribution is 2.40. The van der Waals surface area contributed by atoms with Crippen LogP contribution >= 0.6 is 0 Å². The summed E-state index contributed by atoms with van der Waals surface area (Å²) in [4.78, 5) is 0. The molecular formula is C30H48F2. The van der Waals surface area contributed by atoms with Crippen LogP contribution in [0, 0.1) is 29.4 Å². The van der Waals surface area contributed by atoms with Gasteiger partial charge in [-0.1, -0.05) is 109 Å². The van der Waals surface area contributed by atoms with Crippen LogP contribution in [0.2, 0.25) is 0 Å². The average molecular weight is 447 g/mol. The van der Waals surface area contributed by atoms with Gasteiger partial charge in [0.25, 0.3) is 0 Å². The lowest BCUT2D eigenvalue weighted by Gasteiger charge is -2.30. The quantitative estimate of drug-likeness (QED) is 0.280. The minimum atomic E-state index is -0.596. The van der Waals surface area contributed by atoms with Gasteiger partial charge in [0.2, 0.25) is 0 Å². The standard InChI is InChI=1S/C30H48F2/c1-3-5-6-10-23-13-15-24(16-14-23)11-7-8-12-25-17-19-26(20-18-25)28-22-21-27(9-4-2)29(31)30(28)32/h21-26H,3-20H2,1-2H3/t23-,24-,25-,26-. The number of unbranched alkanes of at least 4 members (excludes halogenated alkanes) is 3. The first-order valence-corrected chi connectivity index (χ1v) is 14.1. The van der Waals surface area contributed by atoms with E-state index < -0.39 is 11.6 Å². The van der Waals surface area contributed by atoms with Gasteiger partial charge < -0.3 is 0 Å². The van der Waals surface area contributed by atoms with Crippen LogP contribution in [0.5, 0.6) is 0 Å². The largest absolute Gasteiger partial charge is 0.203 e. The van der Waals surface area contributed by atoms with E-state index in [1.54, 1.807) is 0 Å². The second-order valence-corrected chi connectivity index (χ2v) is 11.1. The first-order chi connectivity index (χ1) is 15.6. The Bertz CT molecular complexity index is 651. The Balaban J connectivity index is 1.30. The van der Waals surface area contributed by atoms with Crippen molar-refractivity contribution in [2.24, 2.45) is 17.8 Å². The molecule has 3 rings (SSSR count). The van der Waals surface area contributed by atoms with E-state index in [1.807, 2.05) is 19.1 Å². The van der Waals surface area contributed by atoms with Crippen molar-refractivity contribution in [1.82, 2.24) is 0 Å². The summed E-state index contributed by atoms with van der Waals surface area (Å²) in [6.45, 7) is 4.31. The maximum absolute atomic E-state index is 14.6. The van der Waals surface area contributed by atoms with Crippen LogP contribution in [0.4, 0.5) is 8.78 Å². The fourth-order valence-corrected chi connectivity index (χ4v) is 6.50. The van der Waals surface area contributed by atoms with Gasteiger partial charge in [-0.15, -0.1) is 0 Å². The third-order valence-electron chi connectivity index (χ3n) is 8.66. The first kappa shape index (κ1) is 25.7. The number of benzene rings is 1. The minimum absolute atomic E-state index is 0.212. The molecule has 0 aliphatic heterocycles. The van der Waals surface area contributed by atoms with E-state index in [0.717, 1.165) is 37.0 Å². The summed E-state index contributed by atoms with van der Waals surface area (Å²) in [5, 5.41) is 0. The summed E-state index contributed by atoms with van der Waals surface area (Å²) >= 11 is 0. The molecule has 0 bridgehead atoms. The molecule has 0 saturated heterocycles. The van der Waals surface area contributed by atoms with Crippen molar-refractivity contribution in [3.8, 4) is 0 Å². The number of aryl methyl sites for hydroxylation is 1. The van der Waals surface area contributed by atoms with Gasteiger partial charge in [-0.05, 0) is 66.9 Å². The van der Waals surface area contributed by atoms with Crippen LogP contribution in [0.1, 0.15) is 140 Å². The Morgan fingerprint density at radius 3 is 1.62 bits per heavy atom. The van der Waals surface area contributed by atoms with Crippen LogP contribution in [0.25, 0.3) is 0 Å². The molecule has 0 unspecified atom stereocenters. The molecule has 2 saturated carbocycles. The molecule has 182 valence electrons. The third kappa shape index (κ3) is 7.56. The van der Waals surface area contributed by atoms with Crippen LogP contribution in [0.3, 0.4) is 0 Å². The van der Waals surface area contributed by atoms with Crippen molar-refractivity contribution >= 4 is 0 Å². The smallest absolute Gasteiger partial charge is 0.162 e. The normalized spacial score (nSPS) is 26.4. The van der Waals surface area contributed by atoms with Gasteiger partial charge in [0.05, 0.1) is 0 Å². The Kier molecular flexibility index (Phi) is 11.0. The molecule has 1 aromatic carbocycles. The number of hydrogen-bond acceptors (Lipinski definition) is 0. The van der Waals surface area contributed by atoms with Gasteiger partial charge in [0.15, 0.2) is 11.6 Å². The van der Waals surface area contributed by atoms with Crippen LogP contribution in [0.15, 0.2) is 12.1 Å². The second-order valence-electron chi connectivity index (χ2n) is 11.1. The lowest BCUT2D eigenvalue weighted by molar-refractivity contribution is 0.240. The highest BCUT2D eigenvalue weighted by Gasteiger charge is 2.26. The lowest BCUT2D eigenvalue weighted by atomic mass is 9.76. The molecule has 1 aromatic rings. The Morgan fingerprint density at radius 2 is 1.12 bits per heavy atom. The highest BCUT2D eigenvalue weighted by molar-refractivity contribution is 5.29. The van der Waals surface area contributed by atoms with Gasteiger partial charge in [0.1, 0.15) is 0 Å². The van der Waals surface area contributed by atoms with Crippen molar-refractivity contribution in [2.45, 2.75) is 135 Å². The third-order valence-corrected chi connectivity index (χ3v) is 8.66. The zero-order chi connectivity index (χ0) is 22.8. The van der Waals surface area contributed by atoms with E-state index in [0.29, 0.717) is 17.5 Å². The number of rotatable bonds is 12. The van der Waals surface area contributed by atoms with Crippen molar-refractivity contribution in [2.75, 3.05) is 0 Å². The molecule has 0 radical (unpaired) electrons. The predicted molar refractivity (Wildman–Crippen MR) is 133 cm³/mol. The zero-order valence-electron chi connectivity index (χ0n) is 20.9.